The minimum atomic E-state index is 0.395. The maximum absolute atomic E-state index is 5.22. The van der Waals surface area contributed by atoms with Crippen LogP contribution in [0, 0.1) is 6.92 Å². The van der Waals surface area contributed by atoms with Gasteiger partial charge in [-0.1, -0.05) is 5.16 Å². The van der Waals surface area contributed by atoms with Gasteiger partial charge in [0.15, 0.2) is 5.82 Å². The van der Waals surface area contributed by atoms with Crippen LogP contribution in [-0.4, -0.2) is 34.3 Å². The molecule has 1 aliphatic heterocycles. The van der Waals surface area contributed by atoms with Gasteiger partial charge in [-0.3, -0.25) is 0 Å². The van der Waals surface area contributed by atoms with Crippen LogP contribution in [0.1, 0.15) is 18.7 Å². The van der Waals surface area contributed by atoms with E-state index in [2.05, 4.69) is 25.8 Å². The summed E-state index contributed by atoms with van der Waals surface area (Å²) in [6.07, 6.45) is 4.09. The van der Waals surface area contributed by atoms with Gasteiger partial charge in [-0.05, 0) is 38.4 Å². The quantitative estimate of drug-likeness (QED) is 0.872. The van der Waals surface area contributed by atoms with E-state index in [4.69, 9.17) is 4.52 Å². The van der Waals surface area contributed by atoms with Crippen LogP contribution in [0.5, 0.6) is 0 Å². The minimum Gasteiger partial charge on any atom is -0.365 e. The third-order valence-electron chi connectivity index (χ3n) is 3.20. The van der Waals surface area contributed by atoms with Crippen molar-refractivity contribution in [3.05, 3.63) is 24.2 Å². The summed E-state index contributed by atoms with van der Waals surface area (Å²) in [5, 5.41) is 10.7. The number of piperidine rings is 1. The van der Waals surface area contributed by atoms with Gasteiger partial charge in [0.05, 0.1) is 5.56 Å². The van der Waals surface area contributed by atoms with Gasteiger partial charge in [0, 0.05) is 18.8 Å². The number of hydrogen-bond donors (Lipinski definition) is 2. The lowest BCUT2D eigenvalue weighted by Gasteiger charge is -2.24. The summed E-state index contributed by atoms with van der Waals surface area (Å²) >= 11 is 0. The lowest BCUT2D eigenvalue weighted by atomic mass is 10.1. The van der Waals surface area contributed by atoms with Crippen LogP contribution in [-0.2, 0) is 0 Å². The van der Waals surface area contributed by atoms with Crippen LogP contribution >= 0.6 is 0 Å². The molecule has 0 aromatic carbocycles. The van der Waals surface area contributed by atoms with E-state index in [9.17, 15) is 0 Å². The molecule has 0 aliphatic carbocycles. The number of aromatic nitrogens is 3. The molecule has 3 rings (SSSR count). The van der Waals surface area contributed by atoms with Crippen LogP contribution in [0.3, 0.4) is 0 Å². The zero-order valence-corrected chi connectivity index (χ0v) is 10.9. The standard InChI is InChI=1S/C13H17N5O/c1-9-16-13(19-18-9)11-5-3-7-15-12(11)17-10-4-2-6-14-8-10/h3,5,7,10,14H,2,4,6,8H2,1H3,(H,15,17). The fourth-order valence-electron chi connectivity index (χ4n) is 2.27. The molecule has 1 atom stereocenters. The molecule has 0 amide bonds. The van der Waals surface area contributed by atoms with Crippen LogP contribution in [0.25, 0.3) is 11.5 Å². The third-order valence-corrected chi connectivity index (χ3v) is 3.20. The van der Waals surface area contributed by atoms with E-state index in [-0.39, 0.29) is 0 Å². The molecule has 2 aromatic heterocycles. The third kappa shape index (κ3) is 2.73. The first-order valence-electron chi connectivity index (χ1n) is 6.56. The Morgan fingerprint density at radius 2 is 2.42 bits per heavy atom. The molecule has 2 N–H and O–H groups in total. The number of nitrogens with one attached hydrogen (secondary N) is 2. The summed E-state index contributed by atoms with van der Waals surface area (Å²) < 4.78 is 5.22. The summed E-state index contributed by atoms with van der Waals surface area (Å²) in [5.74, 6) is 1.95. The van der Waals surface area contributed by atoms with Gasteiger partial charge in [-0.15, -0.1) is 0 Å². The van der Waals surface area contributed by atoms with Crippen LogP contribution in [0.15, 0.2) is 22.9 Å². The molecule has 1 fully saturated rings. The summed E-state index contributed by atoms with van der Waals surface area (Å²) in [4.78, 5) is 8.65. The van der Waals surface area contributed by atoms with Crippen molar-refractivity contribution in [2.45, 2.75) is 25.8 Å². The molecule has 6 nitrogen and oxygen atoms in total. The number of nitrogens with zero attached hydrogens (tertiary/aromatic N) is 3. The molecule has 1 saturated heterocycles. The van der Waals surface area contributed by atoms with E-state index in [0.29, 0.717) is 17.8 Å². The van der Waals surface area contributed by atoms with E-state index < -0.39 is 0 Å². The first kappa shape index (κ1) is 12.1. The van der Waals surface area contributed by atoms with Gasteiger partial charge in [0.1, 0.15) is 5.82 Å². The maximum atomic E-state index is 5.22. The summed E-state index contributed by atoms with van der Waals surface area (Å²) in [7, 11) is 0. The fourth-order valence-corrected chi connectivity index (χ4v) is 2.27. The number of aryl methyl sites for hydroxylation is 1. The Morgan fingerprint density at radius 1 is 1.47 bits per heavy atom. The van der Waals surface area contributed by atoms with Crippen molar-refractivity contribution in [1.82, 2.24) is 20.4 Å². The predicted molar refractivity (Wildman–Crippen MR) is 71.8 cm³/mol. The SMILES string of the molecule is Cc1noc(-c2cccnc2NC2CCCNC2)n1. The minimum absolute atomic E-state index is 0.395. The Labute approximate surface area is 111 Å². The van der Waals surface area contributed by atoms with Crippen molar-refractivity contribution in [2.75, 3.05) is 18.4 Å². The molecule has 100 valence electrons. The first-order valence-corrected chi connectivity index (χ1v) is 6.56. The second-order valence-electron chi connectivity index (χ2n) is 4.73. The van der Waals surface area contributed by atoms with Crippen LogP contribution in [0.4, 0.5) is 5.82 Å². The first-order chi connectivity index (χ1) is 9.33. The largest absolute Gasteiger partial charge is 0.365 e. The lowest BCUT2D eigenvalue weighted by Crippen LogP contribution is -2.38. The van der Waals surface area contributed by atoms with Gasteiger partial charge < -0.3 is 15.2 Å². The summed E-state index contributed by atoms with van der Waals surface area (Å²) in [6.45, 7) is 3.86. The smallest absolute Gasteiger partial charge is 0.261 e. The highest BCUT2D eigenvalue weighted by Gasteiger charge is 2.17. The average Bonchev–Trinajstić information content (AvgIpc) is 2.87. The van der Waals surface area contributed by atoms with E-state index in [1.165, 1.54) is 6.42 Å². The molecule has 2 aromatic rings. The highest BCUT2D eigenvalue weighted by atomic mass is 16.5. The van der Waals surface area contributed by atoms with Crippen molar-refractivity contribution in [3.8, 4) is 11.5 Å². The van der Waals surface area contributed by atoms with E-state index in [0.717, 1.165) is 30.9 Å². The van der Waals surface area contributed by atoms with E-state index >= 15 is 0 Å². The van der Waals surface area contributed by atoms with Gasteiger partial charge in [0.2, 0.25) is 0 Å². The van der Waals surface area contributed by atoms with Crippen molar-refractivity contribution in [3.63, 3.8) is 0 Å². The van der Waals surface area contributed by atoms with E-state index in [1.807, 2.05) is 19.1 Å². The molecule has 19 heavy (non-hydrogen) atoms. The molecule has 1 unspecified atom stereocenters. The Bertz CT molecular complexity index is 547. The van der Waals surface area contributed by atoms with Crippen LogP contribution in [0.2, 0.25) is 0 Å². The summed E-state index contributed by atoms with van der Waals surface area (Å²) in [6, 6.07) is 4.21. The van der Waals surface area contributed by atoms with Crippen molar-refractivity contribution in [2.24, 2.45) is 0 Å². The zero-order valence-electron chi connectivity index (χ0n) is 10.9. The Kier molecular flexibility index (Phi) is 3.41. The fraction of sp³-hybridized carbons (Fsp3) is 0.462. The summed E-state index contributed by atoms with van der Waals surface area (Å²) in [5.41, 5.74) is 0.855. The zero-order chi connectivity index (χ0) is 13.1. The van der Waals surface area contributed by atoms with Crippen molar-refractivity contribution < 1.29 is 4.52 Å². The Morgan fingerprint density at radius 3 is 3.16 bits per heavy atom. The Balaban J connectivity index is 1.84. The van der Waals surface area contributed by atoms with Gasteiger partial charge in [0.25, 0.3) is 5.89 Å². The number of hydrogen-bond acceptors (Lipinski definition) is 6. The molecular weight excluding hydrogens is 242 g/mol. The van der Waals surface area contributed by atoms with Crippen molar-refractivity contribution >= 4 is 5.82 Å². The monoisotopic (exact) mass is 259 g/mol. The maximum Gasteiger partial charge on any atom is 0.261 e. The predicted octanol–water partition coefficient (Wildman–Crippen LogP) is 1.60. The number of rotatable bonds is 3. The van der Waals surface area contributed by atoms with Crippen molar-refractivity contribution in [1.29, 1.82) is 0 Å². The lowest BCUT2D eigenvalue weighted by molar-refractivity contribution is 0.425. The van der Waals surface area contributed by atoms with Crippen LogP contribution < -0.4 is 10.6 Å². The molecule has 0 saturated carbocycles. The highest BCUT2D eigenvalue weighted by Crippen LogP contribution is 2.25. The Hall–Kier alpha value is -1.95. The normalized spacial score (nSPS) is 19.3. The topological polar surface area (TPSA) is 75.9 Å². The molecule has 0 bridgehead atoms. The van der Waals surface area contributed by atoms with Gasteiger partial charge in [-0.2, -0.15) is 4.98 Å². The van der Waals surface area contributed by atoms with Gasteiger partial charge >= 0.3 is 0 Å². The second kappa shape index (κ2) is 5.36. The number of pyridine rings is 1. The molecule has 3 heterocycles. The molecular formula is C13H17N5O. The average molecular weight is 259 g/mol. The number of anilines is 1. The molecule has 1 aliphatic rings. The van der Waals surface area contributed by atoms with E-state index in [1.54, 1.807) is 6.20 Å². The molecule has 0 spiro atoms. The second-order valence-corrected chi connectivity index (χ2v) is 4.73. The molecule has 6 heteroatoms. The van der Waals surface area contributed by atoms with Gasteiger partial charge in [-0.25, -0.2) is 4.98 Å². The molecule has 0 radical (unpaired) electrons. The highest BCUT2D eigenvalue weighted by molar-refractivity contribution is 5.68.